The first kappa shape index (κ1) is 29.4. The Morgan fingerprint density at radius 3 is 2.22 bits per heavy atom. The lowest BCUT2D eigenvalue weighted by atomic mass is 9.95. The van der Waals surface area contributed by atoms with Crippen molar-refractivity contribution >= 4 is 21.5 Å². The second-order valence-corrected chi connectivity index (χ2v) is 12.6. The predicted octanol–water partition coefficient (Wildman–Crippen LogP) is 6.08. The normalized spacial score (nSPS) is 23.0. The molecule has 2 aliphatic rings. The highest BCUT2D eigenvalue weighted by Crippen LogP contribution is 2.47. The summed E-state index contributed by atoms with van der Waals surface area (Å²) >= 11 is 0. The topological polar surface area (TPSA) is 83.9 Å². The molecule has 1 heterocycles. The minimum atomic E-state index is -5.01. The number of carboxylic acids is 1. The van der Waals surface area contributed by atoms with E-state index < -0.39 is 80.4 Å². The van der Waals surface area contributed by atoms with Gasteiger partial charge in [0.2, 0.25) is 21.3 Å². The molecule has 0 bridgehead atoms. The fraction of sp³-hybridized carbons (Fsp3) is 0.708. The molecule has 3 rings (SSSR count). The number of carboxylic acid groups (broad SMARTS) is 1. The Hall–Kier alpha value is -2.18. The summed E-state index contributed by atoms with van der Waals surface area (Å²) in [6, 6.07) is 0.803. The maximum Gasteiger partial charge on any atom is 0.420 e. The van der Waals surface area contributed by atoms with Crippen molar-refractivity contribution in [2.45, 2.75) is 87.8 Å². The number of nitrogens with zero attached hydrogens (tertiary/aromatic N) is 1. The van der Waals surface area contributed by atoms with E-state index in [0.717, 1.165) is 12.8 Å². The third-order valence-electron chi connectivity index (χ3n) is 6.97. The van der Waals surface area contributed by atoms with Gasteiger partial charge in [0.05, 0.1) is 21.6 Å². The van der Waals surface area contributed by atoms with E-state index in [2.05, 4.69) is 0 Å². The maximum absolute atomic E-state index is 15.5. The zero-order chi connectivity index (χ0) is 28.0. The van der Waals surface area contributed by atoms with Gasteiger partial charge in [-0.05, 0) is 46.1 Å². The van der Waals surface area contributed by atoms with E-state index in [-0.39, 0.29) is 18.3 Å². The van der Waals surface area contributed by atoms with E-state index in [4.69, 9.17) is 4.74 Å². The van der Waals surface area contributed by atoms with Crippen LogP contribution in [0.3, 0.4) is 0 Å². The van der Waals surface area contributed by atoms with Gasteiger partial charge in [-0.1, -0.05) is 12.8 Å². The fourth-order valence-corrected chi connectivity index (χ4v) is 6.40. The molecule has 1 aliphatic carbocycles. The summed E-state index contributed by atoms with van der Waals surface area (Å²) in [5.74, 6) is -6.87. The van der Waals surface area contributed by atoms with E-state index in [1.807, 2.05) is 0 Å². The summed E-state index contributed by atoms with van der Waals surface area (Å²) in [7, 11) is -4.91. The average Bonchev–Trinajstić information content (AvgIpc) is 3.27. The van der Waals surface area contributed by atoms with E-state index in [0.29, 0.717) is 31.9 Å². The van der Waals surface area contributed by atoms with Crippen LogP contribution in [0.2, 0.25) is 0 Å². The highest BCUT2D eigenvalue weighted by molar-refractivity contribution is 7.92. The number of ether oxygens (including phenoxy) is 1. The molecule has 0 aromatic heterocycles. The number of rotatable bonds is 8. The molecule has 0 amide bonds. The van der Waals surface area contributed by atoms with Gasteiger partial charge in [0, 0.05) is 31.0 Å². The monoisotopic (exact) mass is 559 g/mol. The predicted molar refractivity (Wildman–Crippen MR) is 123 cm³/mol. The molecule has 0 spiro atoms. The van der Waals surface area contributed by atoms with Gasteiger partial charge in [-0.2, -0.15) is 13.2 Å². The van der Waals surface area contributed by atoms with Crippen LogP contribution in [0.5, 0.6) is 5.75 Å². The second kappa shape index (κ2) is 10.2. The van der Waals surface area contributed by atoms with Crippen LogP contribution in [-0.4, -0.2) is 50.1 Å². The second-order valence-electron chi connectivity index (χ2n) is 10.6. The maximum atomic E-state index is 15.5. The van der Waals surface area contributed by atoms with E-state index in [9.17, 15) is 40.3 Å². The Bertz CT molecular complexity index is 1110. The van der Waals surface area contributed by atoms with Crippen LogP contribution in [0.25, 0.3) is 0 Å². The lowest BCUT2D eigenvalue weighted by Gasteiger charge is -2.34. The van der Waals surface area contributed by atoms with Crippen molar-refractivity contribution in [2.24, 2.45) is 11.3 Å². The van der Waals surface area contributed by atoms with Crippen molar-refractivity contribution < 1.29 is 49.4 Å². The number of halogens is 6. The summed E-state index contributed by atoms with van der Waals surface area (Å²) < 4.78 is 117. The minimum absolute atomic E-state index is 0.336. The van der Waals surface area contributed by atoms with Crippen LogP contribution < -0.4 is 9.64 Å². The zero-order valence-electron chi connectivity index (χ0n) is 20.7. The van der Waals surface area contributed by atoms with Gasteiger partial charge in [-0.15, -0.1) is 0 Å². The molecule has 6 nitrogen and oxygen atoms in total. The van der Waals surface area contributed by atoms with Crippen molar-refractivity contribution in [1.29, 1.82) is 0 Å². The molecule has 37 heavy (non-hydrogen) atoms. The number of alkyl halides is 6. The summed E-state index contributed by atoms with van der Waals surface area (Å²) in [5, 5.41) is 9.28. The molecule has 1 aliphatic heterocycles. The number of hydrogen-bond acceptors (Lipinski definition) is 5. The smallest absolute Gasteiger partial charge is 0.420 e. The molecule has 13 heteroatoms. The molecule has 0 saturated heterocycles. The van der Waals surface area contributed by atoms with Gasteiger partial charge in [0.15, 0.2) is 0 Å². The van der Waals surface area contributed by atoms with Gasteiger partial charge in [0.1, 0.15) is 12.4 Å². The van der Waals surface area contributed by atoms with Crippen molar-refractivity contribution in [2.75, 3.05) is 18.1 Å². The number of aliphatic carboxylic acids is 1. The Morgan fingerprint density at radius 2 is 1.70 bits per heavy atom. The van der Waals surface area contributed by atoms with Crippen LogP contribution in [-0.2, 0) is 20.8 Å². The lowest BCUT2D eigenvalue weighted by Crippen LogP contribution is -2.39. The molecule has 1 N–H and O–H groups in total. The number of hydrogen-bond donors (Lipinski definition) is 1. The number of fused-ring (bicyclic) bond motifs is 1. The van der Waals surface area contributed by atoms with E-state index in [1.54, 1.807) is 0 Å². The molecule has 1 aromatic carbocycles. The summed E-state index contributed by atoms with van der Waals surface area (Å²) in [4.78, 5) is 12.1. The van der Waals surface area contributed by atoms with Crippen molar-refractivity contribution in [3.63, 3.8) is 0 Å². The van der Waals surface area contributed by atoms with E-state index in [1.165, 1.54) is 18.7 Å². The standard InChI is InChI=1S/C24H31F6NO5S/c1-22(2,21(32)33)13-36-18-11-19-17(10-16(18)24(28,29)30)31(15-6-4-5-7-15)12-14(8-9-23(3,26)27)20(25)37(19,34)35/h10-11,14-15,20H,4-9,12-13H2,1-3H3,(H,32,33)/t14-,20+/m1/s1. The molecule has 0 unspecified atom stereocenters. The van der Waals surface area contributed by atoms with Crippen LogP contribution >= 0.6 is 0 Å². The molecular formula is C24H31F6NO5S. The minimum Gasteiger partial charge on any atom is -0.492 e. The molecule has 210 valence electrons. The highest BCUT2D eigenvalue weighted by Gasteiger charge is 2.46. The van der Waals surface area contributed by atoms with Gasteiger partial charge >= 0.3 is 12.1 Å². The van der Waals surface area contributed by atoms with Crippen LogP contribution in [0, 0.1) is 11.3 Å². The first-order valence-electron chi connectivity index (χ1n) is 12.0. The van der Waals surface area contributed by atoms with E-state index >= 15 is 4.39 Å². The van der Waals surface area contributed by atoms with Crippen LogP contribution in [0.1, 0.15) is 64.9 Å². The third-order valence-corrected chi connectivity index (χ3v) is 8.89. The first-order chi connectivity index (χ1) is 16.8. The molecule has 1 aromatic rings. The van der Waals surface area contributed by atoms with Crippen molar-refractivity contribution in [3.05, 3.63) is 17.7 Å². The molecular weight excluding hydrogens is 528 g/mol. The van der Waals surface area contributed by atoms with Gasteiger partial charge in [0.25, 0.3) is 0 Å². The number of anilines is 1. The quantitative estimate of drug-likeness (QED) is 0.389. The van der Waals surface area contributed by atoms with Gasteiger partial charge in [-0.25, -0.2) is 21.6 Å². The van der Waals surface area contributed by atoms with Crippen LogP contribution in [0.15, 0.2) is 17.0 Å². The molecule has 1 fully saturated rings. The van der Waals surface area contributed by atoms with Gasteiger partial charge < -0.3 is 14.7 Å². The Labute approximate surface area is 211 Å². The Balaban J connectivity index is 2.18. The largest absolute Gasteiger partial charge is 0.492 e. The number of carbonyl (C=O) groups is 1. The van der Waals surface area contributed by atoms with Gasteiger partial charge in [-0.3, -0.25) is 4.79 Å². The Kier molecular flexibility index (Phi) is 8.08. The molecule has 2 atom stereocenters. The van der Waals surface area contributed by atoms with Crippen LogP contribution in [0.4, 0.5) is 32.0 Å². The lowest BCUT2D eigenvalue weighted by molar-refractivity contribution is -0.148. The van der Waals surface area contributed by atoms with Crippen molar-refractivity contribution in [1.82, 2.24) is 0 Å². The Morgan fingerprint density at radius 1 is 1.11 bits per heavy atom. The molecule has 0 radical (unpaired) electrons. The molecule has 1 saturated carbocycles. The summed E-state index contributed by atoms with van der Waals surface area (Å²) in [6.07, 6.45) is -3.75. The number of sulfone groups is 1. The summed E-state index contributed by atoms with van der Waals surface area (Å²) in [6.45, 7) is 2.01. The summed E-state index contributed by atoms with van der Waals surface area (Å²) in [5.41, 5.74) is -5.92. The van der Waals surface area contributed by atoms with Crippen molar-refractivity contribution in [3.8, 4) is 5.75 Å². The SMILES string of the molecule is CC(F)(F)CC[C@@H]1CN(C2CCCC2)c2cc(C(F)(F)F)c(OCC(C)(C)C(=O)O)cc2S(=O)(=O)[C@@H]1F. The third kappa shape index (κ3) is 6.46. The average molecular weight is 560 g/mol. The fourth-order valence-electron chi connectivity index (χ4n) is 4.69. The number of benzene rings is 1. The zero-order valence-corrected chi connectivity index (χ0v) is 21.6. The first-order valence-corrected chi connectivity index (χ1v) is 13.5. The highest BCUT2D eigenvalue weighted by atomic mass is 32.2.